The van der Waals surface area contributed by atoms with Gasteiger partial charge in [-0.05, 0) is 6.42 Å². The minimum absolute atomic E-state index is 0.476. The molecular formula is C8H16O2. The van der Waals surface area contributed by atoms with Crippen molar-refractivity contribution in [3.63, 3.8) is 0 Å². The van der Waals surface area contributed by atoms with E-state index in [1.165, 1.54) is 0 Å². The predicted octanol–water partition coefficient (Wildman–Crippen LogP) is 1.33. The topological polar surface area (TPSA) is 29.5 Å². The van der Waals surface area contributed by atoms with Crippen molar-refractivity contribution in [2.24, 2.45) is 0 Å². The molecule has 0 radical (unpaired) electrons. The summed E-state index contributed by atoms with van der Waals surface area (Å²) in [5.41, 5.74) is -0.476. The Morgan fingerprint density at radius 1 is 1.60 bits per heavy atom. The first-order valence-corrected chi connectivity index (χ1v) is 4.07. The van der Waals surface area contributed by atoms with E-state index in [4.69, 9.17) is 4.74 Å². The van der Waals surface area contributed by atoms with E-state index in [-0.39, 0.29) is 0 Å². The molecule has 0 amide bonds. The molecule has 0 aromatic carbocycles. The Morgan fingerprint density at radius 2 is 2.40 bits per heavy atom. The van der Waals surface area contributed by atoms with Crippen molar-refractivity contribution >= 4 is 0 Å². The summed E-state index contributed by atoms with van der Waals surface area (Å²) in [5.74, 6) is 0. The van der Waals surface area contributed by atoms with Crippen LogP contribution in [0.25, 0.3) is 0 Å². The summed E-state index contributed by atoms with van der Waals surface area (Å²) in [6, 6.07) is 0. The molecule has 0 aliphatic carbocycles. The maximum absolute atomic E-state index is 9.70. The zero-order chi connectivity index (χ0) is 7.45. The molecule has 2 nitrogen and oxygen atoms in total. The molecule has 1 N–H and O–H groups in total. The minimum Gasteiger partial charge on any atom is -0.387 e. The summed E-state index contributed by atoms with van der Waals surface area (Å²) in [6.45, 7) is 3.42. The maximum Gasteiger partial charge on any atom is 0.0902 e. The molecule has 1 fully saturated rings. The van der Waals surface area contributed by atoms with E-state index in [1.807, 2.05) is 0 Å². The van der Waals surface area contributed by atoms with Crippen LogP contribution >= 0.6 is 0 Å². The van der Waals surface area contributed by atoms with Crippen LogP contribution in [0.4, 0.5) is 0 Å². The van der Waals surface area contributed by atoms with Crippen LogP contribution in [0.1, 0.15) is 32.6 Å². The smallest absolute Gasteiger partial charge is 0.0902 e. The normalized spacial score (nSPS) is 33.0. The van der Waals surface area contributed by atoms with Crippen molar-refractivity contribution in [3.8, 4) is 0 Å². The number of aliphatic hydroxyl groups is 1. The molecule has 2 heteroatoms. The Balaban J connectivity index is 2.22. The van der Waals surface area contributed by atoms with Crippen LogP contribution in [0, 0.1) is 0 Å². The van der Waals surface area contributed by atoms with Crippen molar-refractivity contribution in [2.75, 3.05) is 13.2 Å². The number of ether oxygens (including phenoxy) is 1. The van der Waals surface area contributed by atoms with Gasteiger partial charge in [0.15, 0.2) is 0 Å². The third-order valence-corrected chi connectivity index (χ3v) is 2.08. The minimum atomic E-state index is -0.476. The average Bonchev–Trinajstić information content (AvgIpc) is 2.33. The third kappa shape index (κ3) is 1.96. The number of unbranched alkanes of at least 4 members (excludes halogenated alkanes) is 1. The lowest BCUT2D eigenvalue weighted by Crippen LogP contribution is -2.28. The van der Waals surface area contributed by atoms with Gasteiger partial charge in [-0.15, -0.1) is 0 Å². The summed E-state index contributed by atoms with van der Waals surface area (Å²) < 4.78 is 5.11. The Labute approximate surface area is 62.2 Å². The lowest BCUT2D eigenvalue weighted by atomic mass is 9.96. The summed E-state index contributed by atoms with van der Waals surface area (Å²) >= 11 is 0. The van der Waals surface area contributed by atoms with Crippen molar-refractivity contribution in [1.82, 2.24) is 0 Å². The highest BCUT2D eigenvalue weighted by atomic mass is 16.5. The number of rotatable bonds is 3. The molecule has 0 spiro atoms. The van der Waals surface area contributed by atoms with Gasteiger partial charge >= 0.3 is 0 Å². The summed E-state index contributed by atoms with van der Waals surface area (Å²) in [4.78, 5) is 0. The molecule has 0 bridgehead atoms. The lowest BCUT2D eigenvalue weighted by molar-refractivity contribution is 0.0175. The number of hydrogen-bond donors (Lipinski definition) is 1. The maximum atomic E-state index is 9.70. The van der Waals surface area contributed by atoms with E-state index in [1.54, 1.807) is 0 Å². The molecule has 0 aromatic heterocycles. The van der Waals surface area contributed by atoms with Crippen LogP contribution in [0.2, 0.25) is 0 Å². The largest absolute Gasteiger partial charge is 0.387 e. The van der Waals surface area contributed by atoms with E-state index in [0.29, 0.717) is 6.61 Å². The van der Waals surface area contributed by atoms with Crippen LogP contribution < -0.4 is 0 Å². The first-order chi connectivity index (χ1) is 4.77. The van der Waals surface area contributed by atoms with Crippen LogP contribution in [0.15, 0.2) is 0 Å². The molecule has 1 heterocycles. The molecular weight excluding hydrogens is 128 g/mol. The Bertz CT molecular complexity index is 95.4. The van der Waals surface area contributed by atoms with Crippen LogP contribution in [0.3, 0.4) is 0 Å². The second-order valence-electron chi connectivity index (χ2n) is 3.13. The molecule has 10 heavy (non-hydrogen) atoms. The molecule has 1 saturated heterocycles. The van der Waals surface area contributed by atoms with Crippen LogP contribution in [-0.2, 0) is 4.74 Å². The molecule has 1 unspecified atom stereocenters. The molecule has 0 saturated carbocycles. The highest BCUT2D eigenvalue weighted by Crippen LogP contribution is 2.23. The van der Waals surface area contributed by atoms with Gasteiger partial charge in [-0.25, -0.2) is 0 Å². The zero-order valence-corrected chi connectivity index (χ0v) is 6.60. The van der Waals surface area contributed by atoms with Crippen molar-refractivity contribution < 1.29 is 9.84 Å². The van der Waals surface area contributed by atoms with Crippen LogP contribution in [-0.4, -0.2) is 23.9 Å². The highest BCUT2D eigenvalue weighted by Gasteiger charge is 2.30. The second kappa shape index (κ2) is 3.35. The van der Waals surface area contributed by atoms with E-state index >= 15 is 0 Å². The average molecular weight is 144 g/mol. The molecule has 60 valence electrons. The highest BCUT2D eigenvalue weighted by molar-refractivity contribution is 4.81. The fourth-order valence-corrected chi connectivity index (χ4v) is 1.30. The van der Waals surface area contributed by atoms with E-state index in [9.17, 15) is 5.11 Å². The van der Waals surface area contributed by atoms with Crippen molar-refractivity contribution in [2.45, 2.75) is 38.2 Å². The molecule has 0 aromatic rings. The van der Waals surface area contributed by atoms with E-state index < -0.39 is 5.60 Å². The van der Waals surface area contributed by atoms with E-state index in [2.05, 4.69) is 6.92 Å². The van der Waals surface area contributed by atoms with Gasteiger partial charge in [-0.3, -0.25) is 0 Å². The van der Waals surface area contributed by atoms with Gasteiger partial charge in [0.25, 0.3) is 0 Å². The Hall–Kier alpha value is -0.0800. The van der Waals surface area contributed by atoms with Gasteiger partial charge in [0.05, 0.1) is 12.2 Å². The monoisotopic (exact) mass is 144 g/mol. The summed E-state index contributed by atoms with van der Waals surface area (Å²) in [5, 5.41) is 9.70. The zero-order valence-electron chi connectivity index (χ0n) is 6.60. The molecule has 1 atom stereocenters. The van der Waals surface area contributed by atoms with Gasteiger partial charge in [-0.1, -0.05) is 19.8 Å². The van der Waals surface area contributed by atoms with Gasteiger partial charge < -0.3 is 9.84 Å². The molecule has 1 aliphatic heterocycles. The van der Waals surface area contributed by atoms with Crippen molar-refractivity contribution in [1.29, 1.82) is 0 Å². The quantitative estimate of drug-likeness (QED) is 0.647. The van der Waals surface area contributed by atoms with Gasteiger partial charge in [0, 0.05) is 13.0 Å². The first kappa shape index (κ1) is 8.02. The molecule has 1 aliphatic rings. The summed E-state index contributed by atoms with van der Waals surface area (Å²) in [6.07, 6.45) is 4.00. The summed E-state index contributed by atoms with van der Waals surface area (Å²) in [7, 11) is 0. The molecule has 1 rings (SSSR count). The van der Waals surface area contributed by atoms with Gasteiger partial charge in [0.1, 0.15) is 0 Å². The van der Waals surface area contributed by atoms with Gasteiger partial charge in [-0.2, -0.15) is 0 Å². The van der Waals surface area contributed by atoms with Crippen LogP contribution in [0.5, 0.6) is 0 Å². The Morgan fingerprint density at radius 3 is 2.90 bits per heavy atom. The fraction of sp³-hybridized carbons (Fsp3) is 1.00. The van der Waals surface area contributed by atoms with Crippen molar-refractivity contribution in [3.05, 3.63) is 0 Å². The van der Waals surface area contributed by atoms with Gasteiger partial charge in [0.2, 0.25) is 0 Å². The predicted molar refractivity (Wildman–Crippen MR) is 39.9 cm³/mol. The SMILES string of the molecule is CCCCC1(O)CCOC1. The third-order valence-electron chi connectivity index (χ3n) is 2.08. The second-order valence-corrected chi connectivity index (χ2v) is 3.13. The number of hydrogen-bond acceptors (Lipinski definition) is 2. The van der Waals surface area contributed by atoms with E-state index in [0.717, 1.165) is 32.3 Å². The Kier molecular flexibility index (Phi) is 2.69. The lowest BCUT2D eigenvalue weighted by Gasteiger charge is -2.19. The fourth-order valence-electron chi connectivity index (χ4n) is 1.30. The first-order valence-electron chi connectivity index (χ1n) is 4.07. The standard InChI is InChI=1S/C8H16O2/c1-2-3-4-8(9)5-6-10-7-8/h9H,2-7H2,1H3.